The summed E-state index contributed by atoms with van der Waals surface area (Å²) >= 11 is 1.45. The fraction of sp³-hybridized carbons (Fsp3) is 0.182. The van der Waals surface area contributed by atoms with Crippen LogP contribution in [0.4, 0.5) is 0 Å². The van der Waals surface area contributed by atoms with Crippen molar-refractivity contribution in [2.24, 2.45) is 0 Å². The van der Waals surface area contributed by atoms with E-state index in [2.05, 4.69) is 9.97 Å². The van der Waals surface area contributed by atoms with Gasteiger partial charge >= 0.3 is 0 Å². The quantitative estimate of drug-likeness (QED) is 0.742. The van der Waals surface area contributed by atoms with Crippen molar-refractivity contribution in [1.82, 2.24) is 9.97 Å². The van der Waals surface area contributed by atoms with Crippen molar-refractivity contribution in [2.75, 3.05) is 0 Å². The van der Waals surface area contributed by atoms with E-state index in [-0.39, 0.29) is 5.78 Å². The number of pyridine rings is 1. The summed E-state index contributed by atoms with van der Waals surface area (Å²) in [5.74, 6) is 0.0740. The second kappa shape index (κ2) is 4.31. The maximum Gasteiger partial charge on any atom is 0.171 e. The lowest BCUT2D eigenvalue weighted by Gasteiger charge is -1.94. The number of carbonyl (C=O) groups is 1. The molecular weight excluding hydrogens is 208 g/mol. The number of aromatic nitrogens is 2. The molecule has 4 heteroatoms. The first-order valence-corrected chi connectivity index (χ1v) is 5.42. The molecule has 0 bridgehead atoms. The molecule has 0 amide bonds. The summed E-state index contributed by atoms with van der Waals surface area (Å²) in [6.45, 7) is 1.56. The van der Waals surface area contributed by atoms with Crippen LogP contribution in [-0.4, -0.2) is 15.8 Å². The van der Waals surface area contributed by atoms with E-state index >= 15 is 0 Å². The number of nitrogens with zero attached hydrogens (tertiary/aromatic N) is 2. The first-order valence-electron chi connectivity index (χ1n) is 4.60. The fourth-order valence-corrected chi connectivity index (χ4v) is 2.08. The summed E-state index contributed by atoms with van der Waals surface area (Å²) < 4.78 is 0. The molecule has 0 aliphatic carbocycles. The van der Waals surface area contributed by atoms with Gasteiger partial charge in [-0.15, -0.1) is 11.3 Å². The lowest BCUT2D eigenvalue weighted by molar-refractivity contribution is 0.102. The summed E-state index contributed by atoms with van der Waals surface area (Å²) in [5.41, 5.74) is 1.11. The summed E-state index contributed by atoms with van der Waals surface area (Å²) in [4.78, 5) is 20.0. The molecule has 0 unspecified atom stereocenters. The van der Waals surface area contributed by atoms with Crippen molar-refractivity contribution in [3.63, 3.8) is 0 Å². The summed E-state index contributed by atoms with van der Waals surface area (Å²) in [5, 5.41) is 0.952. The maximum absolute atomic E-state index is 11.1. The average Bonchev–Trinajstić information content (AvgIpc) is 2.68. The number of Topliss-reactive ketones (excluding diaryl/α,β-unsaturated/α-hetero) is 1. The standard InChI is InChI=1S/C11H10N2OS/c1-8(14)10-7-13-11(15-10)5-9-3-2-4-12-6-9/h2-4,6-7H,5H2,1H3. The zero-order valence-corrected chi connectivity index (χ0v) is 9.12. The zero-order chi connectivity index (χ0) is 10.7. The van der Waals surface area contributed by atoms with Gasteiger partial charge in [-0.05, 0) is 11.6 Å². The number of hydrogen-bond acceptors (Lipinski definition) is 4. The Hall–Kier alpha value is -1.55. The van der Waals surface area contributed by atoms with Crippen molar-refractivity contribution in [1.29, 1.82) is 0 Å². The molecule has 76 valence electrons. The molecule has 0 fully saturated rings. The third-order valence-corrected chi connectivity index (χ3v) is 3.08. The molecular formula is C11H10N2OS. The Kier molecular flexibility index (Phi) is 2.87. The van der Waals surface area contributed by atoms with Crippen molar-refractivity contribution in [3.05, 3.63) is 46.2 Å². The first-order chi connectivity index (χ1) is 7.25. The maximum atomic E-state index is 11.1. The van der Waals surface area contributed by atoms with E-state index in [1.165, 1.54) is 11.3 Å². The number of ketones is 1. The van der Waals surface area contributed by atoms with Gasteiger partial charge in [0.1, 0.15) is 0 Å². The van der Waals surface area contributed by atoms with Crippen LogP contribution in [0.1, 0.15) is 27.2 Å². The molecule has 2 aromatic heterocycles. The van der Waals surface area contributed by atoms with Crippen LogP contribution < -0.4 is 0 Å². The zero-order valence-electron chi connectivity index (χ0n) is 8.30. The molecule has 0 saturated carbocycles. The predicted octanol–water partition coefficient (Wildman–Crippen LogP) is 2.33. The van der Waals surface area contributed by atoms with Gasteiger partial charge in [0, 0.05) is 31.9 Å². The van der Waals surface area contributed by atoms with Gasteiger partial charge in [0.2, 0.25) is 0 Å². The van der Waals surface area contributed by atoms with E-state index in [0.717, 1.165) is 17.0 Å². The molecule has 0 aliphatic rings. The molecule has 0 radical (unpaired) electrons. The van der Waals surface area contributed by atoms with Crippen LogP contribution in [-0.2, 0) is 6.42 Å². The Labute approximate surface area is 91.8 Å². The number of rotatable bonds is 3. The van der Waals surface area contributed by atoms with E-state index < -0.39 is 0 Å². The minimum atomic E-state index is 0.0740. The highest BCUT2D eigenvalue weighted by Crippen LogP contribution is 2.16. The van der Waals surface area contributed by atoms with Crippen molar-refractivity contribution in [2.45, 2.75) is 13.3 Å². The van der Waals surface area contributed by atoms with Gasteiger partial charge < -0.3 is 0 Å². The normalized spacial score (nSPS) is 10.2. The number of thiazole rings is 1. The molecule has 2 rings (SSSR count). The monoisotopic (exact) mass is 218 g/mol. The van der Waals surface area contributed by atoms with Gasteiger partial charge in [-0.1, -0.05) is 6.07 Å². The van der Waals surface area contributed by atoms with Crippen LogP contribution >= 0.6 is 11.3 Å². The van der Waals surface area contributed by atoms with E-state index in [1.807, 2.05) is 18.3 Å². The minimum absolute atomic E-state index is 0.0740. The molecule has 0 spiro atoms. The molecule has 2 aromatic rings. The highest BCUT2D eigenvalue weighted by atomic mass is 32.1. The van der Waals surface area contributed by atoms with Crippen LogP contribution in [0.25, 0.3) is 0 Å². The third-order valence-electron chi connectivity index (χ3n) is 1.98. The minimum Gasteiger partial charge on any atom is -0.294 e. The lowest BCUT2D eigenvalue weighted by Crippen LogP contribution is -1.86. The second-order valence-corrected chi connectivity index (χ2v) is 4.33. The van der Waals surface area contributed by atoms with Crippen LogP contribution in [0.3, 0.4) is 0 Å². The largest absolute Gasteiger partial charge is 0.294 e. The molecule has 0 aromatic carbocycles. The second-order valence-electron chi connectivity index (χ2n) is 3.21. The van der Waals surface area contributed by atoms with Crippen molar-refractivity contribution >= 4 is 17.1 Å². The lowest BCUT2D eigenvalue weighted by atomic mass is 10.2. The molecule has 0 N–H and O–H groups in total. The van der Waals surface area contributed by atoms with Crippen molar-refractivity contribution < 1.29 is 4.79 Å². The third kappa shape index (κ3) is 2.47. The van der Waals surface area contributed by atoms with Gasteiger partial charge in [0.15, 0.2) is 5.78 Å². The van der Waals surface area contributed by atoms with Crippen LogP contribution in [0.15, 0.2) is 30.7 Å². The smallest absolute Gasteiger partial charge is 0.171 e. The van der Waals surface area contributed by atoms with Gasteiger partial charge in [-0.2, -0.15) is 0 Å². The highest BCUT2D eigenvalue weighted by Gasteiger charge is 2.06. The first kappa shape index (κ1) is 9.98. The molecule has 0 atom stereocenters. The SMILES string of the molecule is CC(=O)c1cnc(Cc2cccnc2)s1. The van der Waals surface area contributed by atoms with E-state index in [4.69, 9.17) is 0 Å². The number of carbonyl (C=O) groups excluding carboxylic acids is 1. The van der Waals surface area contributed by atoms with Crippen LogP contribution in [0.5, 0.6) is 0 Å². The van der Waals surface area contributed by atoms with E-state index in [1.54, 1.807) is 19.3 Å². The highest BCUT2D eigenvalue weighted by molar-refractivity contribution is 7.13. The molecule has 0 saturated heterocycles. The Morgan fingerprint density at radius 1 is 1.47 bits per heavy atom. The Balaban J connectivity index is 2.15. The van der Waals surface area contributed by atoms with Gasteiger partial charge in [-0.25, -0.2) is 4.98 Å². The van der Waals surface area contributed by atoms with Gasteiger partial charge in [-0.3, -0.25) is 9.78 Å². The average molecular weight is 218 g/mol. The summed E-state index contributed by atoms with van der Waals surface area (Å²) in [6.07, 6.45) is 5.94. The molecule has 2 heterocycles. The van der Waals surface area contributed by atoms with Crippen LogP contribution in [0.2, 0.25) is 0 Å². The summed E-state index contributed by atoms with van der Waals surface area (Å²) in [6, 6.07) is 3.90. The predicted molar refractivity (Wildman–Crippen MR) is 59.2 cm³/mol. The van der Waals surface area contributed by atoms with Gasteiger partial charge in [0.05, 0.1) is 9.88 Å². The van der Waals surface area contributed by atoms with E-state index in [9.17, 15) is 4.79 Å². The fourth-order valence-electron chi connectivity index (χ4n) is 1.23. The van der Waals surface area contributed by atoms with Crippen molar-refractivity contribution in [3.8, 4) is 0 Å². The van der Waals surface area contributed by atoms with E-state index in [0.29, 0.717) is 4.88 Å². The van der Waals surface area contributed by atoms with Gasteiger partial charge in [0.25, 0.3) is 0 Å². The Morgan fingerprint density at radius 3 is 2.93 bits per heavy atom. The Morgan fingerprint density at radius 2 is 2.33 bits per heavy atom. The molecule has 3 nitrogen and oxygen atoms in total. The Bertz CT molecular complexity index is 464. The topological polar surface area (TPSA) is 42.9 Å². The number of hydrogen-bond donors (Lipinski definition) is 0. The molecule has 0 aliphatic heterocycles. The van der Waals surface area contributed by atoms with Crippen LogP contribution in [0, 0.1) is 0 Å². The summed E-state index contributed by atoms with van der Waals surface area (Å²) in [7, 11) is 0. The molecule has 15 heavy (non-hydrogen) atoms.